The van der Waals surface area contributed by atoms with E-state index in [1.54, 1.807) is 0 Å². The summed E-state index contributed by atoms with van der Waals surface area (Å²) in [5.74, 6) is -0.152. The summed E-state index contributed by atoms with van der Waals surface area (Å²) in [7, 11) is 0. The number of hydrogen-bond acceptors (Lipinski definition) is 8. The van der Waals surface area contributed by atoms with Crippen molar-refractivity contribution in [2.45, 2.75) is 256 Å². The van der Waals surface area contributed by atoms with Gasteiger partial charge in [0, 0.05) is 6.42 Å². The van der Waals surface area contributed by atoms with Crippen molar-refractivity contribution >= 4 is 5.91 Å². The molecule has 1 saturated heterocycles. The molecule has 6 N–H and O–H groups in total. The fourth-order valence-electron chi connectivity index (χ4n) is 7.93. The number of ether oxygens (including phenoxy) is 2. The molecule has 1 amide bonds. The Morgan fingerprint density at radius 3 is 1.44 bits per heavy atom. The third-order valence-electron chi connectivity index (χ3n) is 12.1. The molecule has 64 heavy (non-hydrogen) atoms. The van der Waals surface area contributed by atoms with E-state index < -0.39 is 49.5 Å². The highest BCUT2D eigenvalue weighted by atomic mass is 16.7. The van der Waals surface area contributed by atoms with Gasteiger partial charge in [0.1, 0.15) is 24.4 Å². The minimum atomic E-state index is -1.55. The molecular formula is C55H97NO8. The number of aliphatic hydroxyl groups is 5. The van der Waals surface area contributed by atoms with Crippen LogP contribution in [0.15, 0.2) is 72.9 Å². The lowest BCUT2D eigenvalue weighted by Gasteiger charge is -2.40. The first-order valence-corrected chi connectivity index (χ1v) is 26.1. The molecule has 9 nitrogen and oxygen atoms in total. The fraction of sp³-hybridized carbons (Fsp3) is 0.764. The summed E-state index contributed by atoms with van der Waals surface area (Å²) >= 11 is 0. The second kappa shape index (κ2) is 44.5. The van der Waals surface area contributed by atoms with E-state index in [9.17, 15) is 30.3 Å². The first kappa shape index (κ1) is 59.6. The number of carbonyl (C=O) groups excluding carboxylic acids is 1. The van der Waals surface area contributed by atoms with Gasteiger partial charge in [-0.3, -0.25) is 4.79 Å². The fourth-order valence-corrected chi connectivity index (χ4v) is 7.93. The molecule has 0 spiro atoms. The second-order valence-electron chi connectivity index (χ2n) is 17.9. The monoisotopic (exact) mass is 900 g/mol. The molecule has 0 aromatic carbocycles. The Bertz CT molecular complexity index is 1230. The summed E-state index contributed by atoms with van der Waals surface area (Å²) in [5, 5.41) is 54.1. The molecule has 1 heterocycles. The molecular weight excluding hydrogens is 803 g/mol. The second-order valence-corrected chi connectivity index (χ2v) is 17.9. The number of nitrogens with one attached hydrogen (secondary N) is 1. The topological polar surface area (TPSA) is 149 Å². The highest BCUT2D eigenvalue weighted by Gasteiger charge is 2.44. The van der Waals surface area contributed by atoms with E-state index in [1.807, 2.05) is 0 Å². The largest absolute Gasteiger partial charge is 0.394 e. The van der Waals surface area contributed by atoms with Crippen LogP contribution in [-0.2, 0) is 14.3 Å². The van der Waals surface area contributed by atoms with Gasteiger partial charge >= 0.3 is 0 Å². The Labute approximate surface area is 391 Å². The molecule has 0 bridgehead atoms. The van der Waals surface area contributed by atoms with Gasteiger partial charge in [-0.2, -0.15) is 0 Å². The maximum Gasteiger partial charge on any atom is 0.220 e. The molecule has 1 aliphatic rings. The smallest absolute Gasteiger partial charge is 0.220 e. The third-order valence-corrected chi connectivity index (χ3v) is 12.1. The van der Waals surface area contributed by atoms with E-state index in [-0.39, 0.29) is 12.5 Å². The van der Waals surface area contributed by atoms with Gasteiger partial charge in [0.15, 0.2) is 6.29 Å². The summed E-state index contributed by atoms with van der Waals surface area (Å²) in [6, 6.07) is -0.717. The van der Waals surface area contributed by atoms with Crippen LogP contribution in [0.3, 0.4) is 0 Å². The van der Waals surface area contributed by atoms with Crippen molar-refractivity contribution in [1.29, 1.82) is 0 Å². The lowest BCUT2D eigenvalue weighted by atomic mass is 9.99. The third kappa shape index (κ3) is 34.0. The van der Waals surface area contributed by atoms with Crippen molar-refractivity contribution in [1.82, 2.24) is 5.32 Å². The first-order valence-electron chi connectivity index (χ1n) is 26.1. The van der Waals surface area contributed by atoms with E-state index in [1.165, 1.54) is 109 Å². The van der Waals surface area contributed by atoms with Gasteiger partial charge in [-0.05, 0) is 64.2 Å². The zero-order chi connectivity index (χ0) is 46.6. The molecule has 1 rings (SSSR count). The number of allylic oxidation sites excluding steroid dienone is 12. The van der Waals surface area contributed by atoms with Crippen LogP contribution in [0.5, 0.6) is 0 Å². The lowest BCUT2D eigenvalue weighted by Crippen LogP contribution is -2.60. The summed E-state index contributed by atoms with van der Waals surface area (Å²) in [6.07, 6.45) is 54.1. The predicted octanol–water partition coefficient (Wildman–Crippen LogP) is 12.1. The maximum absolute atomic E-state index is 12.9. The normalized spacial score (nSPS) is 20.6. The van der Waals surface area contributed by atoms with Gasteiger partial charge in [0.25, 0.3) is 0 Å². The number of aliphatic hydroxyl groups excluding tert-OH is 5. The Kier molecular flexibility index (Phi) is 41.4. The van der Waals surface area contributed by atoms with E-state index in [0.29, 0.717) is 12.8 Å². The van der Waals surface area contributed by atoms with Crippen LogP contribution in [0, 0.1) is 0 Å². The lowest BCUT2D eigenvalue weighted by molar-refractivity contribution is -0.302. The van der Waals surface area contributed by atoms with Crippen molar-refractivity contribution in [3.05, 3.63) is 72.9 Å². The molecule has 0 aliphatic carbocycles. The summed E-state index contributed by atoms with van der Waals surface area (Å²) in [6.45, 7) is 3.64. The Morgan fingerprint density at radius 2 is 0.969 bits per heavy atom. The van der Waals surface area contributed by atoms with E-state index in [4.69, 9.17) is 9.47 Å². The number of carbonyl (C=O) groups is 1. The van der Waals surface area contributed by atoms with E-state index in [2.05, 4.69) is 92.1 Å². The zero-order valence-corrected chi connectivity index (χ0v) is 40.8. The van der Waals surface area contributed by atoms with Crippen LogP contribution < -0.4 is 5.32 Å². The molecule has 7 unspecified atom stereocenters. The van der Waals surface area contributed by atoms with Crippen LogP contribution in [0.25, 0.3) is 0 Å². The van der Waals surface area contributed by atoms with Crippen molar-refractivity contribution in [2.24, 2.45) is 0 Å². The highest BCUT2D eigenvalue weighted by Crippen LogP contribution is 2.23. The average Bonchev–Trinajstić information content (AvgIpc) is 3.29. The standard InChI is InChI=1S/C55H97NO8/c1-3-5-7-9-11-12-13-14-15-16-17-18-19-20-21-22-23-24-25-26-27-28-29-30-31-32-33-34-35-36-37-38-39-41-43-45-51(59)56-48(49(58)44-42-40-10-8-6-4-2)47-63-55-54(62)53(61)52(60)50(46-57)64-55/h5,7,11-12,14-15,17-18,20-21,23-24,48-50,52-55,57-58,60-62H,3-4,6,8-10,13,16,19,22,25-47H2,1-2H3,(H,56,59)/b7-5-,12-11-,15-14-,18-17-,21-20-,24-23-. The molecule has 0 radical (unpaired) electrons. The molecule has 1 aliphatic heterocycles. The van der Waals surface area contributed by atoms with Crippen molar-refractivity contribution in [3.8, 4) is 0 Å². The van der Waals surface area contributed by atoms with E-state index in [0.717, 1.165) is 77.0 Å². The zero-order valence-electron chi connectivity index (χ0n) is 40.8. The van der Waals surface area contributed by atoms with Crippen molar-refractivity contribution in [3.63, 3.8) is 0 Å². The highest BCUT2D eigenvalue weighted by molar-refractivity contribution is 5.76. The van der Waals surface area contributed by atoms with Crippen molar-refractivity contribution < 1.29 is 39.8 Å². The minimum Gasteiger partial charge on any atom is -0.394 e. The average molecular weight is 900 g/mol. The van der Waals surface area contributed by atoms with Crippen LogP contribution in [0.2, 0.25) is 0 Å². The Morgan fingerprint density at radius 1 is 0.547 bits per heavy atom. The Balaban J connectivity index is 2.03. The van der Waals surface area contributed by atoms with Gasteiger partial charge in [-0.1, -0.05) is 215 Å². The number of amides is 1. The molecule has 9 heteroatoms. The molecule has 0 aromatic rings. The molecule has 0 aromatic heterocycles. The number of hydrogen-bond donors (Lipinski definition) is 6. The number of unbranched alkanes of at least 4 members (excludes halogenated alkanes) is 21. The summed E-state index contributed by atoms with van der Waals surface area (Å²) in [4.78, 5) is 12.9. The van der Waals surface area contributed by atoms with Gasteiger partial charge in [-0.25, -0.2) is 0 Å². The molecule has 370 valence electrons. The van der Waals surface area contributed by atoms with Crippen LogP contribution in [-0.4, -0.2) is 87.5 Å². The first-order chi connectivity index (χ1) is 31.3. The van der Waals surface area contributed by atoms with Gasteiger partial charge in [0.05, 0.1) is 25.4 Å². The SMILES string of the molecule is CC/C=C\C/C=C\C/C=C\C/C=C\C/C=C\C/C=C\CCCCCCCCCCCCCCCCCCC(=O)NC(COC1OC(CO)C(O)C(O)C1O)C(O)CCCCCCCC. The molecule has 7 atom stereocenters. The molecule has 1 fully saturated rings. The molecule has 0 saturated carbocycles. The van der Waals surface area contributed by atoms with Gasteiger partial charge in [0.2, 0.25) is 5.91 Å². The number of rotatable bonds is 43. The predicted molar refractivity (Wildman–Crippen MR) is 267 cm³/mol. The van der Waals surface area contributed by atoms with Gasteiger partial charge < -0.3 is 40.3 Å². The quantitative estimate of drug-likeness (QED) is 0.0262. The minimum absolute atomic E-state index is 0.141. The van der Waals surface area contributed by atoms with Crippen LogP contribution in [0.4, 0.5) is 0 Å². The maximum atomic E-state index is 12.9. The van der Waals surface area contributed by atoms with Crippen LogP contribution >= 0.6 is 0 Å². The Hall–Kier alpha value is -2.37. The van der Waals surface area contributed by atoms with Gasteiger partial charge in [-0.15, -0.1) is 0 Å². The van der Waals surface area contributed by atoms with Crippen molar-refractivity contribution in [2.75, 3.05) is 13.2 Å². The van der Waals surface area contributed by atoms with E-state index >= 15 is 0 Å². The summed E-state index contributed by atoms with van der Waals surface area (Å²) < 4.78 is 11.2. The van der Waals surface area contributed by atoms with Crippen LogP contribution in [0.1, 0.15) is 213 Å². The summed E-state index contributed by atoms with van der Waals surface area (Å²) in [5.41, 5.74) is 0.